The minimum atomic E-state index is -2.37. The molecule has 0 saturated carbocycles. The second-order valence-corrected chi connectivity index (χ2v) is 14.9. The van der Waals surface area contributed by atoms with E-state index in [1.807, 2.05) is 0 Å². The fourth-order valence-electron chi connectivity index (χ4n) is 3.26. The van der Waals surface area contributed by atoms with Crippen LogP contribution in [0.3, 0.4) is 0 Å². The van der Waals surface area contributed by atoms with Gasteiger partial charge in [-0.2, -0.15) is 0 Å². The van der Waals surface area contributed by atoms with Crippen molar-refractivity contribution in [1.82, 2.24) is 0 Å². The molecule has 0 radical (unpaired) electrons. The normalized spacial score (nSPS) is 11.1. The van der Waals surface area contributed by atoms with Crippen LogP contribution < -0.4 is 9.81 Å². The predicted octanol–water partition coefficient (Wildman–Crippen LogP) is 3.47. The third-order valence-corrected chi connectivity index (χ3v) is 14.4. The Morgan fingerprint density at radius 3 is 1.85 bits per heavy atom. The molecule has 0 heterocycles. The van der Waals surface area contributed by atoms with E-state index in [2.05, 4.69) is 86.6 Å². The average Bonchev–Trinajstić information content (AvgIpc) is 2.70. The summed E-state index contributed by atoms with van der Waals surface area (Å²) in [4.78, 5) is 0. The molecule has 0 aliphatic rings. The van der Waals surface area contributed by atoms with Crippen LogP contribution in [0.5, 0.6) is 0 Å². The monoisotopic (exact) mass is 540 g/mol. The molecule has 3 rings (SSSR count). The Hall–Kier alpha value is -1.50. The Balaban J connectivity index is 2.19. The molecule has 26 heavy (non-hydrogen) atoms. The van der Waals surface area contributed by atoms with Gasteiger partial charge in [0.1, 0.15) is 0 Å². The average molecular weight is 540 g/mol. The molecule has 0 bridgehead atoms. The van der Waals surface area contributed by atoms with E-state index in [0.717, 1.165) is 12.8 Å². The van der Waals surface area contributed by atoms with Gasteiger partial charge in [0.25, 0.3) is 0 Å². The van der Waals surface area contributed by atoms with E-state index >= 15 is 0 Å². The van der Waals surface area contributed by atoms with Crippen molar-refractivity contribution in [2.24, 2.45) is 0 Å². The van der Waals surface area contributed by atoms with Gasteiger partial charge in [-0.05, 0) is 0 Å². The molecule has 134 valence electrons. The first-order chi connectivity index (χ1) is 12.8. The summed E-state index contributed by atoms with van der Waals surface area (Å²) in [5.41, 5.74) is 4.20. The molecule has 0 fully saturated rings. The van der Waals surface area contributed by atoms with Crippen molar-refractivity contribution in [3.8, 4) is 0 Å². The van der Waals surface area contributed by atoms with Crippen molar-refractivity contribution in [1.29, 1.82) is 0 Å². The molecular formula is C24H27BiO. The Morgan fingerprint density at radius 1 is 0.731 bits per heavy atom. The van der Waals surface area contributed by atoms with Crippen molar-refractivity contribution < 1.29 is 4.74 Å². The first-order valence-electron chi connectivity index (χ1n) is 9.31. The fraction of sp³-hybridized carbons (Fsp3) is 0.250. The number of benzene rings is 3. The quantitative estimate of drug-likeness (QED) is 0.418. The van der Waals surface area contributed by atoms with Crippen molar-refractivity contribution in [3.63, 3.8) is 0 Å². The second-order valence-electron chi connectivity index (χ2n) is 6.44. The number of methoxy groups -OCH3 is 1. The second kappa shape index (κ2) is 9.44. The molecule has 0 aliphatic heterocycles. The van der Waals surface area contributed by atoms with Gasteiger partial charge in [-0.15, -0.1) is 0 Å². The molecule has 1 nitrogen and oxygen atoms in total. The molecule has 0 N–H and O–H groups in total. The molecular weight excluding hydrogens is 513 g/mol. The molecule has 3 aromatic carbocycles. The van der Waals surface area contributed by atoms with Crippen molar-refractivity contribution >= 4 is 31.6 Å². The van der Waals surface area contributed by atoms with Gasteiger partial charge in [0, 0.05) is 0 Å². The number of aryl methyl sites for hydroxylation is 2. The van der Waals surface area contributed by atoms with Crippen LogP contribution in [-0.4, -0.2) is 28.9 Å². The van der Waals surface area contributed by atoms with E-state index < -0.39 is 21.8 Å². The van der Waals surface area contributed by atoms with Gasteiger partial charge in [0.05, 0.1) is 0 Å². The van der Waals surface area contributed by atoms with E-state index in [1.165, 1.54) is 20.0 Å². The predicted molar refractivity (Wildman–Crippen MR) is 113 cm³/mol. The van der Waals surface area contributed by atoms with Crippen LogP contribution in [0, 0.1) is 0 Å². The number of rotatable bonds is 7. The summed E-state index contributed by atoms with van der Waals surface area (Å²) in [7, 11) is 1.79. The Morgan fingerprint density at radius 2 is 1.31 bits per heavy atom. The molecule has 3 aromatic rings. The van der Waals surface area contributed by atoms with Crippen LogP contribution in [0.2, 0.25) is 0 Å². The number of hydrogen-bond donors (Lipinski definition) is 0. The zero-order chi connectivity index (χ0) is 18.4. The topological polar surface area (TPSA) is 9.23 Å². The van der Waals surface area contributed by atoms with Crippen molar-refractivity contribution in [3.05, 3.63) is 89.5 Å². The Kier molecular flexibility index (Phi) is 7.00. The molecule has 0 aromatic heterocycles. The SMILES string of the molecule is CCc1ccc[c]([Bi]([c]2cccc(CC)c2)[c]2ccccc2COC)c1. The van der Waals surface area contributed by atoms with E-state index in [-0.39, 0.29) is 0 Å². The first kappa shape index (κ1) is 19.3. The fourth-order valence-corrected chi connectivity index (χ4v) is 13.3. The van der Waals surface area contributed by atoms with Gasteiger partial charge < -0.3 is 0 Å². The van der Waals surface area contributed by atoms with Crippen LogP contribution in [-0.2, 0) is 24.2 Å². The molecule has 0 spiro atoms. The third kappa shape index (κ3) is 4.42. The minimum absolute atomic E-state index is 0.683. The summed E-state index contributed by atoms with van der Waals surface area (Å²) in [6, 6.07) is 27.4. The number of ether oxygens (including phenoxy) is 1. The van der Waals surface area contributed by atoms with E-state index in [4.69, 9.17) is 4.74 Å². The van der Waals surface area contributed by atoms with Gasteiger partial charge in [0.15, 0.2) is 0 Å². The molecule has 2 heteroatoms. The van der Waals surface area contributed by atoms with E-state index in [1.54, 1.807) is 13.7 Å². The van der Waals surface area contributed by atoms with Crippen LogP contribution in [0.1, 0.15) is 30.5 Å². The summed E-state index contributed by atoms with van der Waals surface area (Å²) in [6.07, 6.45) is 2.17. The standard InChI is InChI=1S/C8H9O.2C8H9.Bi/c1-9-7-8-5-3-2-4-6-8;2*1-2-8-6-4-3-5-7-8;/h2-5H,7H2,1H3;2*3-4,6-7H,2H2,1H3;. The number of hydrogen-bond acceptors (Lipinski definition) is 1. The van der Waals surface area contributed by atoms with Gasteiger partial charge in [-0.25, -0.2) is 0 Å². The summed E-state index contributed by atoms with van der Waals surface area (Å²) in [5, 5.41) is 0. The van der Waals surface area contributed by atoms with Gasteiger partial charge in [0.2, 0.25) is 0 Å². The van der Waals surface area contributed by atoms with Crippen LogP contribution in [0.15, 0.2) is 72.8 Å². The maximum atomic E-state index is 5.51. The Bertz CT molecular complexity index is 809. The summed E-state index contributed by atoms with van der Waals surface area (Å²) < 4.78 is 10.2. The van der Waals surface area contributed by atoms with Crippen molar-refractivity contribution in [2.45, 2.75) is 33.3 Å². The van der Waals surface area contributed by atoms with Gasteiger partial charge in [-0.1, -0.05) is 0 Å². The zero-order valence-electron chi connectivity index (χ0n) is 15.9. The zero-order valence-corrected chi connectivity index (χ0v) is 19.4. The third-order valence-electron chi connectivity index (χ3n) is 4.69. The summed E-state index contributed by atoms with van der Waals surface area (Å²) in [5.74, 6) is 0. The van der Waals surface area contributed by atoms with Crippen LogP contribution in [0.4, 0.5) is 0 Å². The molecule has 0 saturated heterocycles. The molecule has 0 amide bonds. The molecule has 0 atom stereocenters. The first-order valence-corrected chi connectivity index (χ1v) is 14.5. The molecule has 0 aliphatic carbocycles. The van der Waals surface area contributed by atoms with Crippen molar-refractivity contribution in [2.75, 3.05) is 7.11 Å². The van der Waals surface area contributed by atoms with Crippen LogP contribution >= 0.6 is 0 Å². The Labute approximate surface area is 165 Å². The van der Waals surface area contributed by atoms with Crippen LogP contribution in [0.25, 0.3) is 0 Å². The van der Waals surface area contributed by atoms with Gasteiger partial charge in [-0.3, -0.25) is 0 Å². The van der Waals surface area contributed by atoms with Gasteiger partial charge >= 0.3 is 166 Å². The summed E-state index contributed by atoms with van der Waals surface area (Å²) in [6.45, 7) is 5.15. The van der Waals surface area contributed by atoms with E-state index in [0.29, 0.717) is 6.61 Å². The summed E-state index contributed by atoms with van der Waals surface area (Å²) >= 11 is -2.37. The van der Waals surface area contributed by atoms with E-state index in [9.17, 15) is 0 Å². The maximum absolute atomic E-state index is 5.51. The molecule has 0 unspecified atom stereocenters.